The Morgan fingerprint density at radius 2 is 1.89 bits per heavy atom. The summed E-state index contributed by atoms with van der Waals surface area (Å²) in [7, 11) is 0. The summed E-state index contributed by atoms with van der Waals surface area (Å²) in [5.74, 6) is 0.0773. The minimum Gasteiger partial charge on any atom is -0.289 e. The number of halogens is 1. The molecule has 0 bridgehead atoms. The Labute approximate surface area is 122 Å². The van der Waals surface area contributed by atoms with E-state index in [-0.39, 0.29) is 5.78 Å². The molecule has 0 atom stereocenters. The number of rotatable bonds is 4. The summed E-state index contributed by atoms with van der Waals surface area (Å²) in [5, 5.41) is 0. The van der Waals surface area contributed by atoms with E-state index in [1.807, 2.05) is 43.3 Å². The molecule has 0 saturated heterocycles. The lowest BCUT2D eigenvalue weighted by Crippen LogP contribution is -2.03. The highest BCUT2D eigenvalue weighted by atomic mass is 79.9. The molecule has 0 fully saturated rings. The van der Waals surface area contributed by atoms with Crippen molar-refractivity contribution in [1.82, 2.24) is 0 Å². The number of carbonyl (C=O) groups excluding carboxylic acids is 1. The molecule has 0 spiro atoms. The van der Waals surface area contributed by atoms with E-state index in [4.69, 9.17) is 0 Å². The number of hydrogen-bond donors (Lipinski definition) is 0. The van der Waals surface area contributed by atoms with Crippen LogP contribution >= 0.6 is 15.9 Å². The highest BCUT2D eigenvalue weighted by Crippen LogP contribution is 2.24. The van der Waals surface area contributed by atoms with Gasteiger partial charge in [0, 0.05) is 15.6 Å². The van der Waals surface area contributed by atoms with Crippen molar-refractivity contribution in [2.45, 2.75) is 26.7 Å². The van der Waals surface area contributed by atoms with E-state index in [1.54, 1.807) is 0 Å². The first kappa shape index (κ1) is 14.0. The summed E-state index contributed by atoms with van der Waals surface area (Å²) in [5.41, 5.74) is 3.79. The highest BCUT2D eigenvalue weighted by Gasteiger charge is 2.13. The number of aryl methyl sites for hydroxylation is 2. The molecule has 0 heterocycles. The van der Waals surface area contributed by atoms with Gasteiger partial charge in [0.2, 0.25) is 0 Å². The summed E-state index contributed by atoms with van der Waals surface area (Å²) < 4.78 is 0.890. The van der Waals surface area contributed by atoms with Crippen molar-refractivity contribution < 1.29 is 4.79 Å². The van der Waals surface area contributed by atoms with Gasteiger partial charge in [-0.2, -0.15) is 0 Å². The predicted octanol–water partition coefficient (Wildman–Crippen LogP) is 4.94. The fourth-order valence-electron chi connectivity index (χ4n) is 2.14. The molecule has 2 rings (SSSR count). The van der Waals surface area contributed by atoms with Crippen LogP contribution in [0.4, 0.5) is 0 Å². The second-order valence-electron chi connectivity index (χ2n) is 4.72. The van der Waals surface area contributed by atoms with Crippen LogP contribution in [-0.4, -0.2) is 5.78 Å². The van der Waals surface area contributed by atoms with Crippen LogP contribution in [0.5, 0.6) is 0 Å². The maximum atomic E-state index is 12.5. The Morgan fingerprint density at radius 3 is 2.63 bits per heavy atom. The van der Waals surface area contributed by atoms with Crippen LogP contribution in [-0.2, 0) is 6.42 Å². The molecule has 19 heavy (non-hydrogen) atoms. The minimum atomic E-state index is 0.0773. The Balaban J connectivity index is 2.38. The van der Waals surface area contributed by atoms with Crippen LogP contribution in [0.1, 0.15) is 40.4 Å². The quantitative estimate of drug-likeness (QED) is 0.730. The third-order valence-corrected chi connectivity index (χ3v) is 4.22. The summed E-state index contributed by atoms with van der Waals surface area (Å²) in [4.78, 5) is 12.5. The van der Waals surface area contributed by atoms with Crippen LogP contribution in [0.2, 0.25) is 0 Å². The van der Waals surface area contributed by atoms with E-state index in [0.29, 0.717) is 0 Å². The van der Waals surface area contributed by atoms with Crippen LogP contribution in [0.25, 0.3) is 0 Å². The fraction of sp³-hybridized carbons (Fsp3) is 0.235. The van der Waals surface area contributed by atoms with Gasteiger partial charge < -0.3 is 0 Å². The molecular weight excluding hydrogens is 300 g/mol. The molecule has 0 aliphatic carbocycles. The maximum absolute atomic E-state index is 12.5. The molecule has 98 valence electrons. The second-order valence-corrected chi connectivity index (χ2v) is 5.51. The van der Waals surface area contributed by atoms with E-state index in [1.165, 1.54) is 5.56 Å². The van der Waals surface area contributed by atoms with Gasteiger partial charge in [0.25, 0.3) is 0 Å². The van der Waals surface area contributed by atoms with Crippen molar-refractivity contribution >= 4 is 21.7 Å². The third-order valence-electron chi connectivity index (χ3n) is 3.16. The molecule has 0 N–H and O–H groups in total. The van der Waals surface area contributed by atoms with Gasteiger partial charge in [-0.3, -0.25) is 4.79 Å². The van der Waals surface area contributed by atoms with Crippen LogP contribution < -0.4 is 0 Å². The fourth-order valence-corrected chi connectivity index (χ4v) is 2.58. The summed E-state index contributed by atoms with van der Waals surface area (Å²) in [6.45, 7) is 4.14. The summed E-state index contributed by atoms with van der Waals surface area (Å²) >= 11 is 3.51. The van der Waals surface area contributed by atoms with Crippen molar-refractivity contribution in [2.24, 2.45) is 0 Å². The van der Waals surface area contributed by atoms with Gasteiger partial charge in [0.05, 0.1) is 0 Å². The lowest BCUT2D eigenvalue weighted by atomic mass is 9.99. The normalized spacial score (nSPS) is 10.5. The van der Waals surface area contributed by atoms with Crippen molar-refractivity contribution in [3.8, 4) is 0 Å². The van der Waals surface area contributed by atoms with Gasteiger partial charge in [0.1, 0.15) is 0 Å². The molecule has 0 amide bonds. The van der Waals surface area contributed by atoms with Gasteiger partial charge >= 0.3 is 0 Å². The molecule has 0 aliphatic rings. The first-order valence-corrected chi connectivity index (χ1v) is 7.31. The third kappa shape index (κ3) is 3.13. The van der Waals surface area contributed by atoms with E-state index in [2.05, 4.69) is 28.9 Å². The van der Waals surface area contributed by atoms with Crippen molar-refractivity contribution in [3.63, 3.8) is 0 Å². The van der Waals surface area contributed by atoms with Crippen LogP contribution in [0.3, 0.4) is 0 Å². The standard InChI is InChI=1S/C17H17BrO/c1-3-6-13-8-5-9-14(11-13)17(19)15-10-4-7-12(2)16(15)18/h4-5,7-11H,3,6H2,1-2H3. The topological polar surface area (TPSA) is 17.1 Å². The predicted molar refractivity (Wildman–Crippen MR) is 82.7 cm³/mol. The van der Waals surface area contributed by atoms with Gasteiger partial charge in [-0.15, -0.1) is 0 Å². The molecule has 0 aromatic heterocycles. The largest absolute Gasteiger partial charge is 0.289 e. The van der Waals surface area contributed by atoms with Gasteiger partial charge in [0.15, 0.2) is 5.78 Å². The van der Waals surface area contributed by atoms with Crippen molar-refractivity contribution in [3.05, 3.63) is 69.2 Å². The Bertz CT molecular complexity index is 602. The first-order valence-electron chi connectivity index (χ1n) is 6.52. The van der Waals surface area contributed by atoms with Gasteiger partial charge in [-0.1, -0.05) is 43.7 Å². The minimum absolute atomic E-state index is 0.0773. The molecule has 0 aliphatic heterocycles. The smallest absolute Gasteiger partial charge is 0.194 e. The van der Waals surface area contributed by atoms with E-state index in [9.17, 15) is 4.79 Å². The number of benzene rings is 2. The molecule has 2 aromatic rings. The summed E-state index contributed by atoms with van der Waals surface area (Å²) in [6.07, 6.45) is 2.10. The van der Waals surface area contributed by atoms with Gasteiger partial charge in [-0.05, 0) is 52.5 Å². The molecule has 0 saturated carbocycles. The SMILES string of the molecule is CCCc1cccc(C(=O)c2cccc(C)c2Br)c1. The molecule has 1 nitrogen and oxygen atoms in total. The van der Waals surface area contributed by atoms with E-state index >= 15 is 0 Å². The molecule has 2 aromatic carbocycles. The Morgan fingerprint density at radius 1 is 1.16 bits per heavy atom. The van der Waals surface area contributed by atoms with Crippen LogP contribution in [0, 0.1) is 6.92 Å². The zero-order valence-electron chi connectivity index (χ0n) is 11.2. The highest BCUT2D eigenvalue weighted by molar-refractivity contribution is 9.10. The maximum Gasteiger partial charge on any atom is 0.194 e. The first-order chi connectivity index (χ1) is 9.13. The molecule has 0 radical (unpaired) electrons. The van der Waals surface area contributed by atoms with E-state index < -0.39 is 0 Å². The zero-order chi connectivity index (χ0) is 13.8. The average Bonchev–Trinajstić information content (AvgIpc) is 2.42. The number of carbonyl (C=O) groups is 1. The number of hydrogen-bond acceptors (Lipinski definition) is 1. The Hall–Kier alpha value is -1.41. The second kappa shape index (κ2) is 6.16. The van der Waals surface area contributed by atoms with E-state index in [0.717, 1.165) is 34.0 Å². The van der Waals surface area contributed by atoms with Crippen LogP contribution in [0.15, 0.2) is 46.9 Å². The lowest BCUT2D eigenvalue weighted by molar-refractivity contribution is 0.103. The molecule has 2 heteroatoms. The summed E-state index contributed by atoms with van der Waals surface area (Å²) in [6, 6.07) is 13.7. The molecule has 0 unspecified atom stereocenters. The Kier molecular flexibility index (Phi) is 4.54. The van der Waals surface area contributed by atoms with Crippen molar-refractivity contribution in [2.75, 3.05) is 0 Å². The molecular formula is C17H17BrO. The monoisotopic (exact) mass is 316 g/mol. The van der Waals surface area contributed by atoms with Crippen molar-refractivity contribution in [1.29, 1.82) is 0 Å². The van der Waals surface area contributed by atoms with Gasteiger partial charge in [-0.25, -0.2) is 0 Å². The zero-order valence-corrected chi connectivity index (χ0v) is 12.8. The lowest BCUT2D eigenvalue weighted by Gasteiger charge is -2.07. The average molecular weight is 317 g/mol. The number of ketones is 1.